The molecule has 1 aliphatic rings. The summed E-state index contributed by atoms with van der Waals surface area (Å²) in [5.41, 5.74) is 12.9. The number of nitrogens with zero attached hydrogens (tertiary/aromatic N) is 3. The standard InChI is InChI=1S/C21H31N5O2.C2H4O2/c1-2-12-28-18-13-16(8-9-17(18)22)21-24-20(14-19(23)27)25-26(21)11-10-15-6-4-3-5-7-15;1-2(3)4/h3-7,16-18H,2,8-14,22H2,1H3,(H2,23,27);1H3,(H,3,4)/t16-,17-,18-;/m0./s1. The van der Waals surface area contributed by atoms with Crippen molar-refractivity contribution < 1.29 is 19.4 Å². The summed E-state index contributed by atoms with van der Waals surface area (Å²) in [6.45, 7) is 4.62. The number of aryl methyl sites for hydroxylation is 2. The summed E-state index contributed by atoms with van der Waals surface area (Å²) in [6, 6.07) is 10.4. The van der Waals surface area contributed by atoms with Crippen LogP contribution in [-0.4, -0.2) is 50.5 Å². The zero-order valence-electron chi connectivity index (χ0n) is 18.9. The molecule has 0 aliphatic heterocycles. The van der Waals surface area contributed by atoms with E-state index in [1.54, 1.807) is 0 Å². The predicted octanol–water partition coefficient (Wildman–Crippen LogP) is 2.03. The number of aromatic nitrogens is 3. The minimum absolute atomic E-state index is 0.0394. The average Bonchev–Trinajstić information content (AvgIpc) is 3.14. The monoisotopic (exact) mass is 445 g/mol. The Hall–Kier alpha value is -2.78. The molecule has 3 atom stereocenters. The number of hydrogen-bond donors (Lipinski definition) is 3. The van der Waals surface area contributed by atoms with Gasteiger partial charge >= 0.3 is 0 Å². The minimum Gasteiger partial charge on any atom is -0.481 e. The van der Waals surface area contributed by atoms with Gasteiger partial charge in [-0.3, -0.25) is 9.59 Å². The average molecular weight is 446 g/mol. The van der Waals surface area contributed by atoms with E-state index in [9.17, 15) is 4.79 Å². The Morgan fingerprint density at radius 1 is 1.25 bits per heavy atom. The highest BCUT2D eigenvalue weighted by Gasteiger charge is 2.32. The fraction of sp³-hybridized carbons (Fsp3) is 0.565. The van der Waals surface area contributed by atoms with Crippen molar-refractivity contribution in [3.05, 3.63) is 47.5 Å². The van der Waals surface area contributed by atoms with Gasteiger partial charge in [0.1, 0.15) is 5.82 Å². The van der Waals surface area contributed by atoms with Crippen LogP contribution in [0.15, 0.2) is 30.3 Å². The van der Waals surface area contributed by atoms with Crippen LogP contribution in [0, 0.1) is 0 Å². The second-order valence-corrected chi connectivity index (χ2v) is 8.09. The lowest BCUT2D eigenvalue weighted by Crippen LogP contribution is -2.42. The molecule has 0 bridgehead atoms. The number of benzene rings is 1. The molecule has 0 unspecified atom stereocenters. The van der Waals surface area contributed by atoms with Gasteiger partial charge in [-0.1, -0.05) is 37.3 Å². The molecule has 32 heavy (non-hydrogen) atoms. The van der Waals surface area contributed by atoms with Gasteiger partial charge in [-0.25, -0.2) is 9.67 Å². The van der Waals surface area contributed by atoms with Crippen molar-refractivity contribution in [3.63, 3.8) is 0 Å². The molecule has 0 radical (unpaired) electrons. The summed E-state index contributed by atoms with van der Waals surface area (Å²) in [5.74, 6) is 0.397. The van der Waals surface area contributed by atoms with Crippen molar-refractivity contribution in [2.75, 3.05) is 6.61 Å². The molecule has 1 heterocycles. The molecule has 9 heteroatoms. The first-order valence-electron chi connectivity index (χ1n) is 11.1. The zero-order valence-corrected chi connectivity index (χ0v) is 18.9. The van der Waals surface area contributed by atoms with Gasteiger partial charge in [0.05, 0.1) is 12.5 Å². The summed E-state index contributed by atoms with van der Waals surface area (Å²) >= 11 is 0. The first-order chi connectivity index (χ1) is 15.3. The van der Waals surface area contributed by atoms with E-state index in [1.807, 2.05) is 22.9 Å². The molecule has 0 spiro atoms. The summed E-state index contributed by atoms with van der Waals surface area (Å²) in [5, 5.41) is 12.0. The van der Waals surface area contributed by atoms with E-state index >= 15 is 0 Å². The van der Waals surface area contributed by atoms with E-state index in [2.05, 4.69) is 29.1 Å². The van der Waals surface area contributed by atoms with Crippen LogP contribution in [0.1, 0.15) is 62.7 Å². The highest BCUT2D eigenvalue weighted by molar-refractivity contribution is 5.75. The molecular weight excluding hydrogens is 410 g/mol. The van der Waals surface area contributed by atoms with E-state index in [0.717, 1.165) is 51.5 Å². The Kier molecular flexibility index (Phi) is 10.3. The first-order valence-corrected chi connectivity index (χ1v) is 11.1. The number of rotatable bonds is 9. The maximum Gasteiger partial charge on any atom is 0.300 e. The van der Waals surface area contributed by atoms with Crippen molar-refractivity contribution in [3.8, 4) is 0 Å². The Morgan fingerprint density at radius 3 is 2.56 bits per heavy atom. The van der Waals surface area contributed by atoms with Crippen molar-refractivity contribution in [2.24, 2.45) is 11.5 Å². The van der Waals surface area contributed by atoms with Crippen molar-refractivity contribution in [1.29, 1.82) is 0 Å². The Labute approximate surface area is 189 Å². The molecule has 0 saturated heterocycles. The third kappa shape index (κ3) is 8.39. The summed E-state index contributed by atoms with van der Waals surface area (Å²) < 4.78 is 7.93. The van der Waals surface area contributed by atoms with Crippen LogP contribution < -0.4 is 11.5 Å². The van der Waals surface area contributed by atoms with E-state index in [-0.39, 0.29) is 24.5 Å². The number of carbonyl (C=O) groups is 2. The Balaban J connectivity index is 0.000000837. The number of carboxylic acid groups (broad SMARTS) is 1. The molecule has 1 aromatic carbocycles. The lowest BCUT2D eigenvalue weighted by atomic mass is 9.83. The fourth-order valence-corrected chi connectivity index (χ4v) is 3.83. The normalized spacial score (nSPS) is 20.3. The van der Waals surface area contributed by atoms with Crippen molar-refractivity contribution in [2.45, 2.75) is 77.0 Å². The number of amides is 1. The lowest BCUT2D eigenvalue weighted by molar-refractivity contribution is -0.134. The highest BCUT2D eigenvalue weighted by Crippen LogP contribution is 2.33. The van der Waals surface area contributed by atoms with Crippen molar-refractivity contribution >= 4 is 11.9 Å². The molecule has 3 rings (SSSR count). The number of carboxylic acids is 1. The SMILES string of the molecule is CC(=O)O.CCCO[C@H]1C[C@@H](c2nc(CC(N)=O)nn2CCc2ccccc2)CC[C@@H]1N. The molecule has 176 valence electrons. The van der Waals surface area contributed by atoms with Gasteiger partial charge in [0, 0.05) is 32.0 Å². The van der Waals surface area contributed by atoms with Gasteiger partial charge in [0.25, 0.3) is 5.97 Å². The third-order valence-corrected chi connectivity index (χ3v) is 5.28. The van der Waals surface area contributed by atoms with Gasteiger partial charge in [-0.15, -0.1) is 0 Å². The van der Waals surface area contributed by atoms with Crippen LogP contribution in [0.4, 0.5) is 0 Å². The van der Waals surface area contributed by atoms with Crippen LogP contribution in [0.2, 0.25) is 0 Å². The van der Waals surface area contributed by atoms with Gasteiger partial charge in [0.15, 0.2) is 5.82 Å². The first kappa shape index (κ1) is 25.5. The Morgan fingerprint density at radius 2 is 1.94 bits per heavy atom. The highest BCUT2D eigenvalue weighted by atomic mass is 16.5. The van der Waals surface area contributed by atoms with E-state index < -0.39 is 11.9 Å². The number of nitrogens with two attached hydrogens (primary N) is 2. The Bertz CT molecular complexity index is 851. The van der Waals surface area contributed by atoms with E-state index in [4.69, 9.17) is 26.1 Å². The molecule has 1 saturated carbocycles. The minimum atomic E-state index is -0.833. The second kappa shape index (κ2) is 12.9. The van der Waals surface area contributed by atoms with Crippen LogP contribution >= 0.6 is 0 Å². The fourth-order valence-electron chi connectivity index (χ4n) is 3.83. The number of aliphatic carboxylic acids is 1. The van der Waals surface area contributed by atoms with Gasteiger partial charge < -0.3 is 21.3 Å². The molecule has 1 fully saturated rings. The molecule has 1 amide bonds. The van der Waals surface area contributed by atoms with Gasteiger partial charge in [-0.05, 0) is 37.7 Å². The van der Waals surface area contributed by atoms with Gasteiger partial charge in [0.2, 0.25) is 5.91 Å². The van der Waals surface area contributed by atoms with Crippen LogP contribution in [0.3, 0.4) is 0 Å². The summed E-state index contributed by atoms with van der Waals surface area (Å²) in [6.07, 6.45) is 4.62. The van der Waals surface area contributed by atoms with Gasteiger partial charge in [-0.2, -0.15) is 5.10 Å². The zero-order chi connectivity index (χ0) is 23.5. The predicted molar refractivity (Wildman–Crippen MR) is 121 cm³/mol. The van der Waals surface area contributed by atoms with Crippen LogP contribution in [-0.2, 0) is 33.7 Å². The number of ether oxygens (including phenoxy) is 1. The maximum absolute atomic E-state index is 11.4. The number of primary amides is 1. The molecule has 1 aliphatic carbocycles. The molecule has 5 N–H and O–H groups in total. The largest absolute Gasteiger partial charge is 0.481 e. The quantitative estimate of drug-likeness (QED) is 0.535. The van der Waals surface area contributed by atoms with Crippen LogP contribution in [0.5, 0.6) is 0 Å². The number of hydrogen-bond acceptors (Lipinski definition) is 6. The van der Waals surface area contributed by atoms with Crippen LogP contribution in [0.25, 0.3) is 0 Å². The molecular formula is C23H35N5O4. The lowest BCUT2D eigenvalue weighted by Gasteiger charge is -2.33. The van der Waals surface area contributed by atoms with E-state index in [1.165, 1.54) is 5.56 Å². The second-order valence-electron chi connectivity index (χ2n) is 8.09. The summed E-state index contributed by atoms with van der Waals surface area (Å²) in [4.78, 5) is 25.0. The molecule has 1 aromatic heterocycles. The number of carbonyl (C=O) groups excluding carboxylic acids is 1. The molecule has 9 nitrogen and oxygen atoms in total. The van der Waals surface area contributed by atoms with E-state index in [0.29, 0.717) is 12.4 Å². The molecule has 2 aromatic rings. The smallest absolute Gasteiger partial charge is 0.300 e. The maximum atomic E-state index is 11.4. The van der Waals surface area contributed by atoms with Crippen molar-refractivity contribution in [1.82, 2.24) is 14.8 Å². The third-order valence-electron chi connectivity index (χ3n) is 5.28. The topological polar surface area (TPSA) is 146 Å². The summed E-state index contributed by atoms with van der Waals surface area (Å²) in [7, 11) is 0.